The highest BCUT2D eigenvalue weighted by Gasteiger charge is 2.27. The SMILES string of the molecule is Cc1c(C(=O)Nc2ccc(F)cc2)nnn1-c1cccc2c1CCN(C1CCOCC1)C2. The zero-order valence-corrected chi connectivity index (χ0v) is 18.1. The van der Waals surface area contributed by atoms with Crippen molar-refractivity contribution in [3.05, 3.63) is 70.8 Å². The Morgan fingerprint density at radius 3 is 2.72 bits per heavy atom. The van der Waals surface area contributed by atoms with Gasteiger partial charge in [0.1, 0.15) is 5.82 Å². The molecule has 2 aliphatic rings. The third-order valence-corrected chi connectivity index (χ3v) is 6.42. The molecule has 3 heterocycles. The van der Waals surface area contributed by atoms with Gasteiger partial charge in [0, 0.05) is 38.0 Å². The Hall–Kier alpha value is -3.10. The third kappa shape index (κ3) is 4.03. The maximum Gasteiger partial charge on any atom is 0.278 e. The number of benzene rings is 2. The minimum Gasteiger partial charge on any atom is -0.381 e. The van der Waals surface area contributed by atoms with E-state index in [0.29, 0.717) is 17.4 Å². The molecule has 8 heteroatoms. The smallest absolute Gasteiger partial charge is 0.278 e. The molecule has 1 aromatic heterocycles. The average molecular weight is 436 g/mol. The zero-order chi connectivity index (χ0) is 22.1. The fourth-order valence-corrected chi connectivity index (χ4v) is 4.66. The molecule has 166 valence electrons. The van der Waals surface area contributed by atoms with Gasteiger partial charge in [-0.3, -0.25) is 9.69 Å². The fourth-order valence-electron chi connectivity index (χ4n) is 4.66. The number of anilines is 1. The Morgan fingerprint density at radius 2 is 1.94 bits per heavy atom. The summed E-state index contributed by atoms with van der Waals surface area (Å²) >= 11 is 0. The lowest BCUT2D eigenvalue weighted by Crippen LogP contribution is -2.42. The Bertz CT molecular complexity index is 1120. The number of nitrogens with one attached hydrogen (secondary N) is 1. The monoisotopic (exact) mass is 435 g/mol. The van der Waals surface area contributed by atoms with Gasteiger partial charge in [-0.15, -0.1) is 5.10 Å². The summed E-state index contributed by atoms with van der Waals surface area (Å²) in [5.74, 6) is -0.717. The second kappa shape index (κ2) is 8.80. The summed E-state index contributed by atoms with van der Waals surface area (Å²) in [6, 6.07) is 12.5. The van der Waals surface area contributed by atoms with Crippen molar-refractivity contribution in [1.29, 1.82) is 0 Å². The van der Waals surface area contributed by atoms with Crippen molar-refractivity contribution < 1.29 is 13.9 Å². The Morgan fingerprint density at radius 1 is 1.16 bits per heavy atom. The summed E-state index contributed by atoms with van der Waals surface area (Å²) in [6.07, 6.45) is 3.10. The standard InChI is InChI=1S/C24H26FN5O2/c1-16-23(24(31)26-19-7-5-18(25)6-8-19)27-28-30(16)22-4-2-3-17-15-29(12-9-21(17)22)20-10-13-32-14-11-20/h2-8,20H,9-15H2,1H3,(H,26,31). The predicted molar refractivity (Wildman–Crippen MR) is 118 cm³/mol. The van der Waals surface area contributed by atoms with Crippen LogP contribution in [-0.2, 0) is 17.7 Å². The van der Waals surface area contributed by atoms with E-state index in [4.69, 9.17) is 4.74 Å². The first kappa shape index (κ1) is 20.8. The molecular formula is C24H26FN5O2. The number of amides is 1. The minimum atomic E-state index is -0.365. The lowest BCUT2D eigenvalue weighted by atomic mass is 9.95. The molecule has 0 aliphatic carbocycles. The van der Waals surface area contributed by atoms with E-state index in [-0.39, 0.29) is 17.4 Å². The molecule has 1 N–H and O–H groups in total. The van der Waals surface area contributed by atoms with Crippen LogP contribution in [0.5, 0.6) is 0 Å². The largest absolute Gasteiger partial charge is 0.381 e. The normalized spacial score (nSPS) is 17.2. The van der Waals surface area contributed by atoms with Crippen LogP contribution in [0.3, 0.4) is 0 Å². The summed E-state index contributed by atoms with van der Waals surface area (Å²) in [4.78, 5) is 15.3. The first-order valence-corrected chi connectivity index (χ1v) is 11.0. The molecule has 5 rings (SSSR count). The molecule has 3 aromatic rings. The number of fused-ring (bicyclic) bond motifs is 1. The van der Waals surface area contributed by atoms with Crippen LogP contribution in [-0.4, -0.2) is 51.6 Å². The van der Waals surface area contributed by atoms with Crippen molar-refractivity contribution in [3.63, 3.8) is 0 Å². The van der Waals surface area contributed by atoms with Crippen molar-refractivity contribution >= 4 is 11.6 Å². The summed E-state index contributed by atoms with van der Waals surface area (Å²) in [5, 5.41) is 11.2. The lowest BCUT2D eigenvalue weighted by molar-refractivity contribution is 0.0290. The van der Waals surface area contributed by atoms with Crippen LogP contribution in [0.2, 0.25) is 0 Å². The van der Waals surface area contributed by atoms with Gasteiger partial charge in [0.15, 0.2) is 5.69 Å². The molecule has 0 bridgehead atoms. The third-order valence-electron chi connectivity index (χ3n) is 6.42. The van der Waals surface area contributed by atoms with Crippen LogP contribution in [0.4, 0.5) is 10.1 Å². The van der Waals surface area contributed by atoms with Gasteiger partial charge in [-0.1, -0.05) is 17.3 Å². The van der Waals surface area contributed by atoms with Crippen LogP contribution in [0.25, 0.3) is 5.69 Å². The van der Waals surface area contributed by atoms with Gasteiger partial charge < -0.3 is 10.1 Å². The van der Waals surface area contributed by atoms with Gasteiger partial charge in [-0.05, 0) is 67.6 Å². The Labute approximate surface area is 186 Å². The highest BCUT2D eigenvalue weighted by Crippen LogP contribution is 2.29. The second-order valence-electron chi connectivity index (χ2n) is 8.38. The van der Waals surface area contributed by atoms with E-state index in [1.807, 2.05) is 19.1 Å². The molecule has 1 amide bonds. The second-order valence-corrected chi connectivity index (χ2v) is 8.38. The number of ether oxygens (including phenoxy) is 1. The van der Waals surface area contributed by atoms with Gasteiger partial charge in [0.25, 0.3) is 5.91 Å². The van der Waals surface area contributed by atoms with E-state index in [9.17, 15) is 9.18 Å². The van der Waals surface area contributed by atoms with Gasteiger partial charge in [-0.2, -0.15) is 0 Å². The van der Waals surface area contributed by atoms with Crippen LogP contribution >= 0.6 is 0 Å². The first-order chi connectivity index (χ1) is 15.6. The van der Waals surface area contributed by atoms with E-state index in [2.05, 4.69) is 26.6 Å². The molecule has 0 radical (unpaired) electrons. The molecule has 7 nitrogen and oxygen atoms in total. The molecule has 0 saturated carbocycles. The maximum atomic E-state index is 13.1. The van der Waals surface area contributed by atoms with E-state index in [1.54, 1.807) is 4.68 Å². The van der Waals surface area contributed by atoms with Gasteiger partial charge >= 0.3 is 0 Å². The number of halogens is 1. The molecule has 0 atom stereocenters. The van der Waals surface area contributed by atoms with E-state index in [1.165, 1.54) is 35.4 Å². The van der Waals surface area contributed by atoms with Crippen LogP contribution in [0.15, 0.2) is 42.5 Å². The number of aromatic nitrogens is 3. The highest BCUT2D eigenvalue weighted by molar-refractivity contribution is 6.03. The molecule has 0 spiro atoms. The predicted octanol–water partition coefficient (Wildman–Crippen LogP) is 3.50. The van der Waals surface area contributed by atoms with E-state index in [0.717, 1.165) is 51.3 Å². The fraction of sp³-hybridized carbons (Fsp3) is 0.375. The number of carbonyl (C=O) groups is 1. The number of nitrogens with zero attached hydrogens (tertiary/aromatic N) is 4. The summed E-state index contributed by atoms with van der Waals surface area (Å²) in [5.41, 5.74) is 4.97. The first-order valence-electron chi connectivity index (χ1n) is 11.0. The average Bonchev–Trinajstić information content (AvgIpc) is 3.21. The Kier molecular flexibility index (Phi) is 5.71. The number of hydrogen-bond acceptors (Lipinski definition) is 5. The minimum absolute atomic E-state index is 0.256. The molecule has 2 aromatic carbocycles. The van der Waals surface area contributed by atoms with Crippen LogP contribution in [0.1, 0.15) is 40.2 Å². The van der Waals surface area contributed by atoms with Crippen molar-refractivity contribution in [2.75, 3.05) is 25.1 Å². The van der Waals surface area contributed by atoms with E-state index < -0.39 is 0 Å². The summed E-state index contributed by atoms with van der Waals surface area (Å²) < 4.78 is 20.4. The van der Waals surface area contributed by atoms with Crippen molar-refractivity contribution in [2.24, 2.45) is 0 Å². The van der Waals surface area contributed by atoms with Gasteiger partial charge in [0.2, 0.25) is 0 Å². The number of carbonyl (C=O) groups excluding carboxylic acids is 1. The van der Waals surface area contributed by atoms with Crippen molar-refractivity contribution in [1.82, 2.24) is 19.9 Å². The molecule has 2 aliphatic heterocycles. The van der Waals surface area contributed by atoms with Crippen LogP contribution < -0.4 is 5.32 Å². The molecule has 1 saturated heterocycles. The zero-order valence-electron chi connectivity index (χ0n) is 18.1. The molecular weight excluding hydrogens is 409 g/mol. The Balaban J connectivity index is 1.37. The number of hydrogen-bond donors (Lipinski definition) is 1. The number of rotatable bonds is 4. The topological polar surface area (TPSA) is 72.3 Å². The van der Waals surface area contributed by atoms with E-state index >= 15 is 0 Å². The quantitative estimate of drug-likeness (QED) is 0.679. The highest BCUT2D eigenvalue weighted by atomic mass is 19.1. The molecule has 32 heavy (non-hydrogen) atoms. The van der Waals surface area contributed by atoms with Crippen LogP contribution in [0, 0.1) is 12.7 Å². The van der Waals surface area contributed by atoms with Gasteiger partial charge in [-0.25, -0.2) is 9.07 Å². The van der Waals surface area contributed by atoms with Gasteiger partial charge in [0.05, 0.1) is 11.4 Å². The molecule has 0 unspecified atom stereocenters. The maximum absolute atomic E-state index is 13.1. The summed E-state index contributed by atoms with van der Waals surface area (Å²) in [7, 11) is 0. The van der Waals surface area contributed by atoms with Crippen molar-refractivity contribution in [2.45, 2.75) is 38.8 Å². The molecule has 1 fully saturated rings. The lowest BCUT2D eigenvalue weighted by Gasteiger charge is -2.38. The summed E-state index contributed by atoms with van der Waals surface area (Å²) in [6.45, 7) is 5.44. The van der Waals surface area contributed by atoms with Crippen molar-refractivity contribution in [3.8, 4) is 5.69 Å².